The van der Waals surface area contributed by atoms with Crippen LogP contribution in [0.15, 0.2) is 12.1 Å². The summed E-state index contributed by atoms with van der Waals surface area (Å²) in [6.45, 7) is -0.251. The van der Waals surface area contributed by atoms with Gasteiger partial charge in [0.2, 0.25) is 0 Å². The van der Waals surface area contributed by atoms with Crippen molar-refractivity contribution in [1.82, 2.24) is 5.32 Å². The third-order valence-corrected chi connectivity index (χ3v) is 2.49. The van der Waals surface area contributed by atoms with Crippen molar-refractivity contribution in [3.8, 4) is 0 Å². The van der Waals surface area contributed by atoms with E-state index in [1.807, 2.05) is 0 Å². The average molecular weight is 277 g/mol. The van der Waals surface area contributed by atoms with Crippen molar-refractivity contribution in [2.75, 3.05) is 19.4 Å². The molecule has 1 amide bonds. The number of benzene rings is 1. The molecule has 1 aromatic carbocycles. The summed E-state index contributed by atoms with van der Waals surface area (Å²) in [6.07, 6.45) is 0. The van der Waals surface area contributed by atoms with E-state index in [4.69, 9.17) is 28.9 Å². The zero-order valence-corrected chi connectivity index (χ0v) is 10.4. The summed E-state index contributed by atoms with van der Waals surface area (Å²) < 4.78 is 4.38. The molecule has 0 bridgehead atoms. The van der Waals surface area contributed by atoms with Gasteiger partial charge in [0.15, 0.2) is 0 Å². The van der Waals surface area contributed by atoms with Crippen LogP contribution in [0.2, 0.25) is 10.0 Å². The molecule has 92 valence electrons. The van der Waals surface area contributed by atoms with E-state index in [1.54, 1.807) is 0 Å². The van der Waals surface area contributed by atoms with Gasteiger partial charge in [0.1, 0.15) is 6.54 Å². The van der Waals surface area contributed by atoms with Gasteiger partial charge in [0.25, 0.3) is 5.91 Å². The second-order valence-electron chi connectivity index (χ2n) is 3.11. The average Bonchev–Trinajstić information content (AvgIpc) is 2.30. The second-order valence-corrected chi connectivity index (χ2v) is 3.95. The number of rotatable bonds is 3. The van der Waals surface area contributed by atoms with Gasteiger partial charge in [-0.1, -0.05) is 23.2 Å². The number of methoxy groups -OCH3 is 1. The first kappa shape index (κ1) is 13.6. The molecule has 3 N–H and O–H groups in total. The molecule has 5 nitrogen and oxygen atoms in total. The fraction of sp³-hybridized carbons (Fsp3) is 0.200. The van der Waals surface area contributed by atoms with E-state index >= 15 is 0 Å². The van der Waals surface area contributed by atoms with Crippen LogP contribution in [0.25, 0.3) is 0 Å². The van der Waals surface area contributed by atoms with Gasteiger partial charge in [-0.15, -0.1) is 0 Å². The van der Waals surface area contributed by atoms with Crippen molar-refractivity contribution >= 4 is 40.8 Å². The summed E-state index contributed by atoms with van der Waals surface area (Å²) >= 11 is 11.5. The Morgan fingerprint density at radius 3 is 2.65 bits per heavy atom. The summed E-state index contributed by atoms with van der Waals surface area (Å²) in [5.74, 6) is -1.11. The molecule has 0 saturated carbocycles. The minimum Gasteiger partial charge on any atom is -0.468 e. The van der Waals surface area contributed by atoms with Crippen LogP contribution in [-0.2, 0) is 9.53 Å². The Hall–Kier alpha value is -1.46. The smallest absolute Gasteiger partial charge is 0.325 e. The molecule has 0 fully saturated rings. The molecule has 0 aliphatic rings. The SMILES string of the molecule is COC(=O)CNC(=O)c1cc(Cl)cc(Cl)c1N. The Bertz CT molecular complexity index is 463. The molecule has 1 aromatic rings. The molecule has 0 spiro atoms. The number of ether oxygens (including phenoxy) is 1. The Morgan fingerprint density at radius 2 is 2.06 bits per heavy atom. The van der Waals surface area contributed by atoms with Gasteiger partial charge in [0.05, 0.1) is 23.4 Å². The van der Waals surface area contributed by atoms with Gasteiger partial charge >= 0.3 is 5.97 Å². The maximum absolute atomic E-state index is 11.7. The molecule has 0 radical (unpaired) electrons. The summed E-state index contributed by atoms with van der Waals surface area (Å²) in [6, 6.07) is 2.80. The monoisotopic (exact) mass is 276 g/mol. The maximum atomic E-state index is 11.7. The van der Waals surface area contributed by atoms with Crippen LogP contribution in [0, 0.1) is 0 Å². The van der Waals surface area contributed by atoms with E-state index in [9.17, 15) is 9.59 Å². The molecule has 1 rings (SSSR count). The molecule has 0 aliphatic heterocycles. The van der Waals surface area contributed by atoms with Crippen molar-refractivity contribution in [2.24, 2.45) is 0 Å². The van der Waals surface area contributed by atoms with Gasteiger partial charge < -0.3 is 15.8 Å². The number of hydrogen-bond donors (Lipinski definition) is 2. The van der Waals surface area contributed by atoms with E-state index in [0.717, 1.165) is 0 Å². The zero-order valence-electron chi connectivity index (χ0n) is 8.92. The third kappa shape index (κ3) is 3.51. The van der Waals surface area contributed by atoms with Crippen molar-refractivity contribution in [1.29, 1.82) is 0 Å². The maximum Gasteiger partial charge on any atom is 0.325 e. The van der Waals surface area contributed by atoms with Crippen LogP contribution >= 0.6 is 23.2 Å². The van der Waals surface area contributed by atoms with Gasteiger partial charge in [-0.2, -0.15) is 0 Å². The Morgan fingerprint density at radius 1 is 1.41 bits per heavy atom. The fourth-order valence-corrected chi connectivity index (χ4v) is 1.59. The first-order valence-corrected chi connectivity index (χ1v) is 5.30. The highest BCUT2D eigenvalue weighted by Gasteiger charge is 2.14. The summed E-state index contributed by atoms with van der Waals surface area (Å²) in [4.78, 5) is 22.5. The number of halogens is 2. The minimum atomic E-state index is -0.565. The molecule has 0 atom stereocenters. The highest BCUT2D eigenvalue weighted by atomic mass is 35.5. The van der Waals surface area contributed by atoms with Crippen molar-refractivity contribution < 1.29 is 14.3 Å². The lowest BCUT2D eigenvalue weighted by Gasteiger charge is -2.08. The number of esters is 1. The Labute approximate surface area is 108 Å². The van der Waals surface area contributed by atoms with E-state index in [1.165, 1.54) is 19.2 Å². The normalized spacial score (nSPS) is 9.82. The molecule has 0 unspecified atom stereocenters. The quantitative estimate of drug-likeness (QED) is 0.647. The van der Waals surface area contributed by atoms with Crippen LogP contribution in [0.4, 0.5) is 5.69 Å². The zero-order chi connectivity index (χ0) is 13.0. The van der Waals surface area contributed by atoms with Gasteiger partial charge in [-0.3, -0.25) is 9.59 Å². The third-order valence-electron chi connectivity index (χ3n) is 1.96. The number of carbonyl (C=O) groups excluding carboxylic acids is 2. The number of carbonyl (C=O) groups is 2. The summed E-state index contributed by atoms with van der Waals surface area (Å²) in [5.41, 5.74) is 5.85. The second kappa shape index (κ2) is 5.75. The standard InChI is InChI=1S/C10H10Cl2N2O3/c1-17-8(15)4-14-10(16)6-2-5(11)3-7(12)9(6)13/h2-3H,4,13H2,1H3,(H,14,16). The first-order chi connectivity index (χ1) is 7.95. The molecular weight excluding hydrogens is 267 g/mol. The number of nitrogens with two attached hydrogens (primary N) is 1. The highest BCUT2D eigenvalue weighted by Crippen LogP contribution is 2.27. The molecule has 0 saturated heterocycles. The number of nitrogens with one attached hydrogen (secondary N) is 1. The molecule has 0 heterocycles. The fourth-order valence-electron chi connectivity index (χ4n) is 1.09. The van der Waals surface area contributed by atoms with E-state index in [0.29, 0.717) is 0 Å². The molecule has 0 aliphatic carbocycles. The predicted molar refractivity (Wildman–Crippen MR) is 65.2 cm³/mol. The topological polar surface area (TPSA) is 81.4 Å². The lowest BCUT2D eigenvalue weighted by Crippen LogP contribution is -2.30. The first-order valence-electron chi connectivity index (χ1n) is 4.55. The van der Waals surface area contributed by atoms with Crippen LogP contribution in [0.5, 0.6) is 0 Å². The highest BCUT2D eigenvalue weighted by molar-refractivity contribution is 6.37. The Kier molecular flexibility index (Phi) is 4.60. The van der Waals surface area contributed by atoms with Crippen molar-refractivity contribution in [2.45, 2.75) is 0 Å². The number of amides is 1. The number of nitrogen functional groups attached to an aromatic ring is 1. The largest absolute Gasteiger partial charge is 0.468 e. The van der Waals surface area contributed by atoms with Crippen LogP contribution in [0.1, 0.15) is 10.4 Å². The van der Waals surface area contributed by atoms with E-state index < -0.39 is 11.9 Å². The van der Waals surface area contributed by atoms with Crippen LogP contribution < -0.4 is 11.1 Å². The molecule has 17 heavy (non-hydrogen) atoms. The number of anilines is 1. The minimum absolute atomic E-state index is 0.110. The van der Waals surface area contributed by atoms with Gasteiger partial charge in [-0.05, 0) is 12.1 Å². The van der Waals surface area contributed by atoms with Gasteiger partial charge in [0, 0.05) is 5.02 Å². The van der Waals surface area contributed by atoms with E-state index in [-0.39, 0.29) is 27.8 Å². The lowest BCUT2D eigenvalue weighted by molar-refractivity contribution is -0.139. The predicted octanol–water partition coefficient (Wildman–Crippen LogP) is 1.48. The van der Waals surface area contributed by atoms with Gasteiger partial charge in [-0.25, -0.2) is 0 Å². The van der Waals surface area contributed by atoms with Crippen LogP contribution in [0.3, 0.4) is 0 Å². The number of hydrogen-bond acceptors (Lipinski definition) is 4. The molecule has 7 heteroatoms. The van der Waals surface area contributed by atoms with Crippen molar-refractivity contribution in [3.05, 3.63) is 27.7 Å². The van der Waals surface area contributed by atoms with Crippen LogP contribution in [-0.4, -0.2) is 25.5 Å². The summed E-state index contributed by atoms with van der Waals surface area (Å²) in [5, 5.41) is 2.80. The molecule has 0 aromatic heterocycles. The lowest BCUT2D eigenvalue weighted by atomic mass is 10.1. The van der Waals surface area contributed by atoms with E-state index in [2.05, 4.69) is 10.1 Å². The molecular formula is C10H10Cl2N2O3. The summed E-state index contributed by atoms with van der Waals surface area (Å²) in [7, 11) is 1.22. The Balaban J connectivity index is 2.86. The van der Waals surface area contributed by atoms with Crippen molar-refractivity contribution in [3.63, 3.8) is 0 Å².